The molecule has 0 heteroatoms. The lowest BCUT2D eigenvalue weighted by Gasteiger charge is -2.20. The van der Waals surface area contributed by atoms with E-state index in [4.69, 9.17) is 0 Å². The summed E-state index contributed by atoms with van der Waals surface area (Å²) in [4.78, 5) is 0. The van der Waals surface area contributed by atoms with Gasteiger partial charge in [-0.25, -0.2) is 0 Å². The summed E-state index contributed by atoms with van der Waals surface area (Å²) in [6.45, 7) is 0. The summed E-state index contributed by atoms with van der Waals surface area (Å²) >= 11 is 0. The lowest BCUT2D eigenvalue weighted by atomic mass is 9.83. The van der Waals surface area contributed by atoms with Crippen molar-refractivity contribution >= 4 is 43.1 Å². The Hall–Kier alpha value is -5.20. The zero-order valence-corrected chi connectivity index (χ0v) is 22.0. The Morgan fingerprint density at radius 1 is 0.225 bits per heavy atom. The van der Waals surface area contributed by atoms with Crippen LogP contribution >= 0.6 is 0 Å². The van der Waals surface area contributed by atoms with Crippen molar-refractivity contribution in [3.05, 3.63) is 158 Å². The second kappa shape index (κ2) is 9.22. The third kappa shape index (κ3) is 3.47. The van der Waals surface area contributed by atoms with Gasteiger partial charge in [0.15, 0.2) is 0 Å². The molecule has 0 heterocycles. The smallest absolute Gasteiger partial charge is 0.00201 e. The topological polar surface area (TPSA) is 0 Å². The summed E-state index contributed by atoms with van der Waals surface area (Å²) in [5.74, 6) is 0. The van der Waals surface area contributed by atoms with Gasteiger partial charge in [0.25, 0.3) is 0 Å². The standard InChI is InChI=1S/C40H26/c1-2-13-27(14-3-1)30-25-26-38(32-19-7-6-18-31(30)32)40-36-22-10-8-20-34(36)39(35-21-9-11-23-37(35)40)33-24-12-16-28-15-4-5-17-29(28)33/h1-26H. The molecular weight excluding hydrogens is 480 g/mol. The van der Waals surface area contributed by atoms with E-state index in [1.807, 2.05) is 0 Å². The summed E-state index contributed by atoms with van der Waals surface area (Å²) in [6, 6.07) is 57.5. The van der Waals surface area contributed by atoms with E-state index in [-0.39, 0.29) is 0 Å². The molecule has 0 aromatic heterocycles. The van der Waals surface area contributed by atoms with E-state index in [1.54, 1.807) is 0 Å². The molecule has 8 rings (SSSR count). The van der Waals surface area contributed by atoms with E-state index in [0.29, 0.717) is 0 Å². The highest BCUT2D eigenvalue weighted by atomic mass is 14.2. The highest BCUT2D eigenvalue weighted by Gasteiger charge is 2.19. The van der Waals surface area contributed by atoms with Crippen LogP contribution in [0.25, 0.3) is 76.5 Å². The maximum atomic E-state index is 2.33. The highest BCUT2D eigenvalue weighted by molar-refractivity contribution is 6.25. The van der Waals surface area contributed by atoms with Crippen LogP contribution in [0, 0.1) is 0 Å². The van der Waals surface area contributed by atoms with E-state index in [0.717, 1.165) is 0 Å². The van der Waals surface area contributed by atoms with Crippen LogP contribution in [0.1, 0.15) is 0 Å². The quantitative estimate of drug-likeness (QED) is 0.209. The first-order chi connectivity index (χ1) is 19.9. The fraction of sp³-hybridized carbons (Fsp3) is 0. The molecule has 0 amide bonds. The molecule has 8 aromatic rings. The molecule has 0 aliphatic rings. The molecule has 0 N–H and O–H groups in total. The number of hydrogen-bond donors (Lipinski definition) is 0. The first-order valence-corrected chi connectivity index (χ1v) is 13.9. The fourth-order valence-electron chi connectivity index (χ4n) is 6.54. The molecule has 186 valence electrons. The SMILES string of the molecule is c1ccc(-c2ccc(-c3c4ccccc4c(-c4cccc5ccccc45)c4ccccc34)c3ccccc23)cc1. The van der Waals surface area contributed by atoms with Crippen molar-refractivity contribution in [1.82, 2.24) is 0 Å². The van der Waals surface area contributed by atoms with E-state index >= 15 is 0 Å². The average molecular weight is 507 g/mol. The second-order valence-electron chi connectivity index (χ2n) is 10.4. The van der Waals surface area contributed by atoms with E-state index < -0.39 is 0 Å². The van der Waals surface area contributed by atoms with Gasteiger partial charge in [0, 0.05) is 0 Å². The zero-order chi connectivity index (χ0) is 26.5. The van der Waals surface area contributed by atoms with Crippen molar-refractivity contribution in [3.8, 4) is 33.4 Å². The summed E-state index contributed by atoms with van der Waals surface area (Å²) in [5.41, 5.74) is 7.66. The lowest BCUT2D eigenvalue weighted by molar-refractivity contribution is 1.64. The van der Waals surface area contributed by atoms with Crippen LogP contribution in [0.3, 0.4) is 0 Å². The molecular formula is C40H26. The molecule has 0 aliphatic carbocycles. The Bertz CT molecular complexity index is 2140. The normalized spacial score (nSPS) is 11.5. The van der Waals surface area contributed by atoms with Gasteiger partial charge < -0.3 is 0 Å². The van der Waals surface area contributed by atoms with Crippen LogP contribution in [-0.4, -0.2) is 0 Å². The van der Waals surface area contributed by atoms with Crippen molar-refractivity contribution in [1.29, 1.82) is 0 Å². The number of hydrogen-bond acceptors (Lipinski definition) is 0. The van der Waals surface area contributed by atoms with Crippen molar-refractivity contribution in [2.75, 3.05) is 0 Å². The molecule has 0 saturated carbocycles. The molecule has 0 unspecified atom stereocenters. The summed E-state index contributed by atoms with van der Waals surface area (Å²) in [7, 11) is 0. The highest BCUT2D eigenvalue weighted by Crippen LogP contribution is 2.47. The molecule has 0 bridgehead atoms. The number of benzene rings is 8. The number of rotatable bonds is 3. The van der Waals surface area contributed by atoms with Crippen molar-refractivity contribution < 1.29 is 0 Å². The van der Waals surface area contributed by atoms with Crippen LogP contribution in [0.4, 0.5) is 0 Å². The van der Waals surface area contributed by atoms with Crippen LogP contribution in [-0.2, 0) is 0 Å². The fourth-order valence-corrected chi connectivity index (χ4v) is 6.54. The van der Waals surface area contributed by atoms with Gasteiger partial charge in [0.2, 0.25) is 0 Å². The molecule has 0 nitrogen and oxygen atoms in total. The Labute approximate surface area is 233 Å². The molecule has 8 aromatic carbocycles. The van der Waals surface area contributed by atoms with Gasteiger partial charge >= 0.3 is 0 Å². The number of fused-ring (bicyclic) bond motifs is 4. The molecule has 0 fully saturated rings. The van der Waals surface area contributed by atoms with Gasteiger partial charge in [-0.05, 0) is 76.5 Å². The maximum absolute atomic E-state index is 2.33. The lowest BCUT2D eigenvalue weighted by Crippen LogP contribution is -1.93. The van der Waals surface area contributed by atoms with E-state index in [2.05, 4.69) is 158 Å². The van der Waals surface area contributed by atoms with Crippen LogP contribution in [0.15, 0.2) is 158 Å². The van der Waals surface area contributed by atoms with Crippen LogP contribution < -0.4 is 0 Å². The minimum absolute atomic E-state index is 1.24. The van der Waals surface area contributed by atoms with Gasteiger partial charge in [0.1, 0.15) is 0 Å². The Kier molecular flexibility index (Phi) is 5.24. The van der Waals surface area contributed by atoms with E-state index in [9.17, 15) is 0 Å². The van der Waals surface area contributed by atoms with Crippen molar-refractivity contribution in [3.63, 3.8) is 0 Å². The van der Waals surface area contributed by atoms with E-state index in [1.165, 1.54) is 76.5 Å². The van der Waals surface area contributed by atoms with Gasteiger partial charge in [-0.3, -0.25) is 0 Å². The third-order valence-electron chi connectivity index (χ3n) is 8.27. The van der Waals surface area contributed by atoms with Crippen LogP contribution in [0.5, 0.6) is 0 Å². The van der Waals surface area contributed by atoms with Gasteiger partial charge in [-0.2, -0.15) is 0 Å². The van der Waals surface area contributed by atoms with Crippen molar-refractivity contribution in [2.24, 2.45) is 0 Å². The monoisotopic (exact) mass is 506 g/mol. The molecule has 0 spiro atoms. The predicted molar refractivity (Wildman–Crippen MR) is 173 cm³/mol. The minimum atomic E-state index is 1.24. The molecule has 0 radical (unpaired) electrons. The molecule has 40 heavy (non-hydrogen) atoms. The zero-order valence-electron chi connectivity index (χ0n) is 22.0. The first-order valence-electron chi connectivity index (χ1n) is 13.9. The van der Waals surface area contributed by atoms with Crippen LogP contribution in [0.2, 0.25) is 0 Å². The Morgan fingerprint density at radius 2 is 0.625 bits per heavy atom. The van der Waals surface area contributed by atoms with Gasteiger partial charge in [0.05, 0.1) is 0 Å². The minimum Gasteiger partial charge on any atom is -0.0622 e. The van der Waals surface area contributed by atoms with Gasteiger partial charge in [-0.15, -0.1) is 0 Å². The maximum Gasteiger partial charge on any atom is -0.00201 e. The third-order valence-corrected chi connectivity index (χ3v) is 8.27. The van der Waals surface area contributed by atoms with Gasteiger partial charge in [-0.1, -0.05) is 158 Å². The Morgan fingerprint density at radius 3 is 1.23 bits per heavy atom. The largest absolute Gasteiger partial charge is 0.0622 e. The second-order valence-corrected chi connectivity index (χ2v) is 10.4. The predicted octanol–water partition coefficient (Wildman–Crippen LogP) is 11.3. The Balaban J connectivity index is 1.51. The summed E-state index contributed by atoms with van der Waals surface area (Å²) < 4.78 is 0. The molecule has 0 aliphatic heterocycles. The van der Waals surface area contributed by atoms with Crippen molar-refractivity contribution in [2.45, 2.75) is 0 Å². The molecule has 0 saturated heterocycles. The first kappa shape index (κ1) is 22.8. The summed E-state index contributed by atoms with van der Waals surface area (Å²) in [5, 5.41) is 10.2. The average Bonchev–Trinajstić information content (AvgIpc) is 3.03. The summed E-state index contributed by atoms with van der Waals surface area (Å²) in [6.07, 6.45) is 0. The molecule has 0 atom stereocenters.